The van der Waals surface area contributed by atoms with Crippen LogP contribution >= 0.6 is 39.1 Å². The SMILES string of the molecule is COC(=O)c1ccc(Br)cc1Cl.COC(=O)c1ccc(C#CCN(C)C)cc1Cl. The normalized spacial score (nSPS) is 9.66. The molecule has 0 radical (unpaired) electrons. The quantitative estimate of drug-likeness (QED) is 0.441. The molecule has 8 heteroatoms. The summed E-state index contributed by atoms with van der Waals surface area (Å²) in [5.41, 5.74) is 1.51. The Balaban J connectivity index is 0.000000308. The molecule has 0 heterocycles. The first-order valence-electron chi connectivity index (χ1n) is 8.24. The van der Waals surface area contributed by atoms with Crippen molar-refractivity contribution in [1.29, 1.82) is 0 Å². The molecule has 0 atom stereocenters. The van der Waals surface area contributed by atoms with Crippen molar-refractivity contribution in [3.63, 3.8) is 0 Å². The zero-order valence-electron chi connectivity index (χ0n) is 16.4. The Kier molecular flexibility index (Phi) is 10.8. The van der Waals surface area contributed by atoms with Crippen molar-refractivity contribution >= 4 is 51.1 Å². The molecule has 0 saturated heterocycles. The molecule has 0 spiro atoms. The average Bonchev–Trinajstić information content (AvgIpc) is 2.67. The molecule has 2 aromatic carbocycles. The fraction of sp³-hybridized carbons (Fsp3) is 0.238. The minimum absolute atomic E-state index is 0.354. The number of benzene rings is 2. The lowest BCUT2D eigenvalue weighted by Crippen LogP contribution is -2.10. The molecule has 0 bridgehead atoms. The number of hydrogen-bond donors (Lipinski definition) is 0. The lowest BCUT2D eigenvalue weighted by Gasteiger charge is -2.03. The van der Waals surface area contributed by atoms with E-state index < -0.39 is 11.9 Å². The zero-order valence-corrected chi connectivity index (χ0v) is 19.5. The van der Waals surface area contributed by atoms with Gasteiger partial charge in [0.25, 0.3) is 0 Å². The summed E-state index contributed by atoms with van der Waals surface area (Å²) in [5, 5.41) is 0.740. The average molecular weight is 501 g/mol. The van der Waals surface area contributed by atoms with Crippen molar-refractivity contribution in [2.24, 2.45) is 0 Å². The van der Waals surface area contributed by atoms with Crippen LogP contribution in [0.25, 0.3) is 0 Å². The van der Waals surface area contributed by atoms with E-state index in [1.165, 1.54) is 14.2 Å². The lowest BCUT2D eigenvalue weighted by molar-refractivity contribution is 0.0592. The Morgan fingerprint density at radius 2 is 1.48 bits per heavy atom. The number of rotatable bonds is 3. The van der Waals surface area contributed by atoms with Gasteiger partial charge in [-0.25, -0.2) is 9.59 Å². The van der Waals surface area contributed by atoms with E-state index in [4.69, 9.17) is 23.2 Å². The van der Waals surface area contributed by atoms with Crippen molar-refractivity contribution in [3.05, 3.63) is 67.6 Å². The van der Waals surface area contributed by atoms with Gasteiger partial charge in [-0.1, -0.05) is 51.0 Å². The molecule has 0 aliphatic heterocycles. The number of methoxy groups -OCH3 is 2. The summed E-state index contributed by atoms with van der Waals surface area (Å²) in [4.78, 5) is 24.3. The molecule has 0 amide bonds. The summed E-state index contributed by atoms with van der Waals surface area (Å²) in [6.07, 6.45) is 0. The summed E-state index contributed by atoms with van der Waals surface area (Å²) in [5.74, 6) is 5.10. The topological polar surface area (TPSA) is 55.8 Å². The number of carbonyl (C=O) groups is 2. The number of ether oxygens (including phenoxy) is 2. The van der Waals surface area contributed by atoms with Crippen LogP contribution in [0.1, 0.15) is 26.3 Å². The van der Waals surface area contributed by atoms with Gasteiger partial charge < -0.3 is 9.47 Å². The number of nitrogens with zero attached hydrogens (tertiary/aromatic N) is 1. The van der Waals surface area contributed by atoms with Gasteiger partial charge in [0.2, 0.25) is 0 Å². The van der Waals surface area contributed by atoms with E-state index in [1.807, 2.05) is 19.0 Å². The Morgan fingerprint density at radius 3 is 1.93 bits per heavy atom. The highest BCUT2D eigenvalue weighted by molar-refractivity contribution is 9.10. The van der Waals surface area contributed by atoms with Crippen LogP contribution in [0.5, 0.6) is 0 Å². The second-order valence-electron chi connectivity index (χ2n) is 5.84. The van der Waals surface area contributed by atoms with Crippen molar-refractivity contribution in [3.8, 4) is 11.8 Å². The highest BCUT2D eigenvalue weighted by Crippen LogP contribution is 2.21. The Hall–Kier alpha value is -2.04. The number of hydrogen-bond acceptors (Lipinski definition) is 5. The van der Waals surface area contributed by atoms with Gasteiger partial charge in [-0.2, -0.15) is 0 Å². The maximum Gasteiger partial charge on any atom is 0.339 e. The Bertz CT molecular complexity index is 936. The molecule has 0 aliphatic rings. The van der Waals surface area contributed by atoms with Gasteiger partial charge in [0.05, 0.1) is 41.9 Å². The fourth-order valence-corrected chi connectivity index (χ4v) is 2.94. The zero-order chi connectivity index (χ0) is 22.0. The predicted octanol–water partition coefficient (Wildman–Crippen LogP) is 4.93. The minimum atomic E-state index is -0.442. The fourth-order valence-electron chi connectivity index (χ4n) is 1.93. The number of halogens is 3. The molecule has 29 heavy (non-hydrogen) atoms. The third kappa shape index (κ3) is 8.46. The standard InChI is InChI=1S/C13H14ClNO2.C8H6BrClO2/c1-15(2)8-4-5-10-6-7-11(12(14)9-10)13(16)17-3;1-12-8(11)6-3-2-5(9)4-7(6)10/h6-7,9H,8H2,1-3H3;2-4H,1H3. The van der Waals surface area contributed by atoms with Crippen molar-refractivity contribution < 1.29 is 19.1 Å². The summed E-state index contributed by atoms with van der Waals surface area (Å²) < 4.78 is 9.96. The molecule has 2 rings (SSSR count). The largest absolute Gasteiger partial charge is 0.465 e. The maximum atomic E-state index is 11.3. The van der Waals surface area contributed by atoms with Gasteiger partial charge in [-0.3, -0.25) is 4.90 Å². The van der Waals surface area contributed by atoms with E-state index in [9.17, 15) is 9.59 Å². The third-order valence-electron chi connectivity index (χ3n) is 3.34. The molecule has 0 unspecified atom stereocenters. The third-order valence-corrected chi connectivity index (χ3v) is 4.46. The van der Waals surface area contributed by atoms with Crippen molar-refractivity contribution in [2.75, 3.05) is 34.9 Å². The van der Waals surface area contributed by atoms with Gasteiger partial charge in [0.15, 0.2) is 0 Å². The van der Waals surface area contributed by atoms with Gasteiger partial charge >= 0.3 is 11.9 Å². The molecule has 5 nitrogen and oxygen atoms in total. The highest BCUT2D eigenvalue weighted by Gasteiger charge is 2.10. The smallest absolute Gasteiger partial charge is 0.339 e. The van der Waals surface area contributed by atoms with Crippen LogP contribution in [0, 0.1) is 11.8 Å². The maximum absolute atomic E-state index is 11.3. The lowest BCUT2D eigenvalue weighted by atomic mass is 10.1. The number of carbonyl (C=O) groups excluding carboxylic acids is 2. The van der Waals surface area contributed by atoms with Crippen LogP contribution in [-0.2, 0) is 9.47 Å². The van der Waals surface area contributed by atoms with E-state index >= 15 is 0 Å². The highest BCUT2D eigenvalue weighted by atomic mass is 79.9. The molecule has 0 N–H and O–H groups in total. The minimum Gasteiger partial charge on any atom is -0.465 e. The molecular formula is C21H20BrCl2NO4. The van der Waals surface area contributed by atoms with Crippen LogP contribution in [0.4, 0.5) is 0 Å². The summed E-state index contributed by atoms with van der Waals surface area (Å²) >= 11 is 15.0. The predicted molar refractivity (Wildman–Crippen MR) is 119 cm³/mol. The van der Waals surface area contributed by atoms with Crippen LogP contribution in [-0.4, -0.2) is 51.7 Å². The van der Waals surface area contributed by atoms with Gasteiger partial charge in [0.1, 0.15) is 0 Å². The molecule has 0 aliphatic carbocycles. The monoisotopic (exact) mass is 499 g/mol. The van der Waals surface area contributed by atoms with Gasteiger partial charge in [-0.05, 0) is 50.5 Å². The molecule has 2 aromatic rings. The first-order chi connectivity index (χ1) is 13.7. The molecular weight excluding hydrogens is 481 g/mol. The van der Waals surface area contributed by atoms with Crippen LogP contribution in [0.15, 0.2) is 40.9 Å². The van der Waals surface area contributed by atoms with E-state index in [1.54, 1.807) is 36.4 Å². The van der Waals surface area contributed by atoms with E-state index in [2.05, 4.69) is 37.2 Å². The first kappa shape index (κ1) is 25.0. The second-order valence-corrected chi connectivity index (χ2v) is 7.57. The van der Waals surface area contributed by atoms with Gasteiger partial charge in [-0.15, -0.1) is 0 Å². The molecule has 0 saturated carbocycles. The first-order valence-corrected chi connectivity index (χ1v) is 9.79. The second kappa shape index (κ2) is 12.5. The molecule has 154 valence electrons. The Labute approximate surface area is 189 Å². The van der Waals surface area contributed by atoms with Crippen LogP contribution in [0.3, 0.4) is 0 Å². The Morgan fingerprint density at radius 1 is 0.966 bits per heavy atom. The molecule has 0 fully saturated rings. The van der Waals surface area contributed by atoms with E-state index in [0.717, 1.165) is 10.0 Å². The number of esters is 2. The van der Waals surface area contributed by atoms with Crippen LogP contribution in [0.2, 0.25) is 10.0 Å². The van der Waals surface area contributed by atoms with Crippen LogP contribution < -0.4 is 0 Å². The van der Waals surface area contributed by atoms with E-state index in [-0.39, 0.29) is 0 Å². The van der Waals surface area contributed by atoms with Crippen molar-refractivity contribution in [1.82, 2.24) is 4.90 Å². The van der Waals surface area contributed by atoms with Crippen molar-refractivity contribution in [2.45, 2.75) is 0 Å². The summed E-state index contributed by atoms with van der Waals surface area (Å²) in [6, 6.07) is 10.0. The molecule has 0 aromatic heterocycles. The van der Waals surface area contributed by atoms with E-state index in [0.29, 0.717) is 27.7 Å². The summed E-state index contributed by atoms with van der Waals surface area (Å²) in [6.45, 7) is 0.677. The summed E-state index contributed by atoms with van der Waals surface area (Å²) in [7, 11) is 6.54. The van der Waals surface area contributed by atoms with Gasteiger partial charge in [0, 0.05) is 10.0 Å².